The van der Waals surface area contributed by atoms with Crippen molar-refractivity contribution in [3.05, 3.63) is 81.8 Å². The molecule has 0 bridgehead atoms. The summed E-state index contributed by atoms with van der Waals surface area (Å²) in [7, 11) is 0. The average Bonchev–Trinajstić information content (AvgIpc) is 3.40. The second-order valence-electron chi connectivity index (χ2n) is 5.76. The molecular weight excluding hydrogens is 398 g/mol. The number of nitrogens with zero attached hydrogens (tertiary/aromatic N) is 2. The van der Waals surface area contributed by atoms with Gasteiger partial charge < -0.3 is 9.15 Å². The molecule has 8 heteroatoms. The molecule has 0 atom stereocenters. The Bertz CT molecular complexity index is 1080. The fraction of sp³-hybridized carbons (Fsp3) is 0.0500. The monoisotopic (exact) mass is 411 g/mol. The third-order valence-electron chi connectivity index (χ3n) is 3.75. The van der Waals surface area contributed by atoms with E-state index in [1.165, 1.54) is 11.3 Å². The first-order valence-electron chi connectivity index (χ1n) is 8.31. The van der Waals surface area contributed by atoms with Gasteiger partial charge in [0.2, 0.25) is 5.95 Å². The molecule has 3 heterocycles. The van der Waals surface area contributed by atoms with Crippen molar-refractivity contribution in [3.8, 4) is 17.2 Å². The van der Waals surface area contributed by atoms with E-state index < -0.39 is 0 Å². The number of hydrogen-bond acceptors (Lipinski definition) is 6. The fourth-order valence-electron chi connectivity index (χ4n) is 2.41. The predicted molar refractivity (Wildman–Crippen MR) is 108 cm³/mol. The zero-order valence-corrected chi connectivity index (χ0v) is 16.0. The minimum atomic E-state index is -0.278. The van der Waals surface area contributed by atoms with Gasteiger partial charge in [0.05, 0.1) is 11.1 Å². The summed E-state index contributed by atoms with van der Waals surface area (Å²) in [6.45, 7) is 0.357. The maximum Gasteiger partial charge on any atom is 0.268 e. The van der Waals surface area contributed by atoms with Crippen LogP contribution in [0.2, 0.25) is 5.02 Å². The van der Waals surface area contributed by atoms with Gasteiger partial charge in [-0.25, -0.2) is 9.97 Å². The number of carbonyl (C=O) groups excluding carboxylic acids is 1. The molecule has 0 aliphatic rings. The Morgan fingerprint density at radius 2 is 2.07 bits per heavy atom. The Hall–Kier alpha value is -3.16. The highest BCUT2D eigenvalue weighted by atomic mass is 35.5. The molecule has 1 N–H and O–H groups in total. The van der Waals surface area contributed by atoms with Crippen LogP contribution in [0.5, 0.6) is 5.75 Å². The van der Waals surface area contributed by atoms with Gasteiger partial charge in [0.15, 0.2) is 5.76 Å². The van der Waals surface area contributed by atoms with E-state index in [9.17, 15) is 4.79 Å². The molecule has 0 unspecified atom stereocenters. The molecule has 0 spiro atoms. The Balaban J connectivity index is 1.39. The van der Waals surface area contributed by atoms with Crippen LogP contribution in [0.25, 0.3) is 11.5 Å². The highest BCUT2D eigenvalue weighted by molar-refractivity contribution is 7.12. The van der Waals surface area contributed by atoms with Crippen molar-refractivity contribution in [1.82, 2.24) is 9.97 Å². The van der Waals surface area contributed by atoms with Crippen LogP contribution in [0, 0.1) is 0 Å². The van der Waals surface area contributed by atoms with Crippen LogP contribution < -0.4 is 10.1 Å². The number of furan rings is 1. The maximum atomic E-state index is 12.5. The highest BCUT2D eigenvalue weighted by Gasteiger charge is 2.12. The van der Waals surface area contributed by atoms with Crippen LogP contribution in [0.1, 0.15) is 15.2 Å². The first-order valence-corrected chi connectivity index (χ1v) is 9.57. The van der Waals surface area contributed by atoms with E-state index >= 15 is 0 Å². The third kappa shape index (κ3) is 4.39. The molecule has 0 fully saturated rings. The van der Waals surface area contributed by atoms with Crippen molar-refractivity contribution in [2.24, 2.45) is 0 Å². The first-order chi connectivity index (χ1) is 13.7. The van der Waals surface area contributed by atoms with Crippen molar-refractivity contribution >= 4 is 34.8 Å². The molecule has 0 saturated carbocycles. The molecule has 6 nitrogen and oxygen atoms in total. The molecule has 0 aliphatic carbocycles. The lowest BCUT2D eigenvalue weighted by molar-refractivity contribution is 0.102. The minimum Gasteiger partial charge on any atom is -0.489 e. The number of nitrogens with one attached hydrogen (secondary N) is 1. The fourth-order valence-corrected chi connectivity index (χ4v) is 3.33. The van der Waals surface area contributed by atoms with Gasteiger partial charge in [0.25, 0.3) is 5.91 Å². The molecule has 0 saturated heterocycles. The number of thiophene rings is 1. The quantitative estimate of drug-likeness (QED) is 0.467. The molecular formula is C20H14ClN3O3S. The van der Waals surface area contributed by atoms with E-state index in [0.717, 1.165) is 5.56 Å². The van der Waals surface area contributed by atoms with Gasteiger partial charge in [-0.15, -0.1) is 11.3 Å². The van der Waals surface area contributed by atoms with Crippen molar-refractivity contribution in [2.75, 3.05) is 5.32 Å². The number of hydrogen-bond donors (Lipinski definition) is 1. The summed E-state index contributed by atoms with van der Waals surface area (Å²) < 4.78 is 11.0. The molecule has 4 aromatic rings. The second kappa shape index (κ2) is 8.24. The summed E-state index contributed by atoms with van der Waals surface area (Å²) in [5.41, 5.74) is 1.49. The van der Waals surface area contributed by atoms with Crippen LogP contribution in [-0.2, 0) is 6.61 Å². The van der Waals surface area contributed by atoms with Gasteiger partial charge in [-0.3, -0.25) is 10.1 Å². The van der Waals surface area contributed by atoms with Crippen LogP contribution in [0.15, 0.2) is 70.8 Å². The number of halogens is 1. The van der Waals surface area contributed by atoms with Gasteiger partial charge in [-0.2, -0.15) is 0 Å². The summed E-state index contributed by atoms with van der Waals surface area (Å²) in [6, 6.07) is 14.2. The summed E-state index contributed by atoms with van der Waals surface area (Å²) in [5.74, 6) is 1.26. The predicted octanol–water partition coefficient (Wildman–Crippen LogP) is 5.28. The summed E-state index contributed by atoms with van der Waals surface area (Å²) in [4.78, 5) is 21.4. The average molecular weight is 412 g/mol. The lowest BCUT2D eigenvalue weighted by Crippen LogP contribution is -2.13. The second-order valence-corrected chi connectivity index (χ2v) is 7.11. The van der Waals surface area contributed by atoms with E-state index in [0.29, 0.717) is 33.7 Å². The largest absolute Gasteiger partial charge is 0.489 e. The summed E-state index contributed by atoms with van der Waals surface area (Å²) in [6.07, 6.45) is 3.13. The molecule has 0 aliphatic heterocycles. The number of carbonyl (C=O) groups is 1. The molecule has 1 amide bonds. The number of anilines is 1. The molecule has 1 aromatic carbocycles. The maximum absolute atomic E-state index is 12.5. The SMILES string of the molecule is O=C(Nc1nccc(-c2ccco2)n1)c1cc(COc2ccc(Cl)cc2)cs1. The van der Waals surface area contributed by atoms with Crippen LogP contribution in [-0.4, -0.2) is 15.9 Å². The molecule has 3 aromatic heterocycles. The zero-order valence-electron chi connectivity index (χ0n) is 14.5. The Morgan fingerprint density at radius 1 is 1.21 bits per heavy atom. The Kier molecular flexibility index (Phi) is 5.36. The van der Waals surface area contributed by atoms with Crippen LogP contribution in [0.3, 0.4) is 0 Å². The molecule has 4 rings (SSSR count). The van der Waals surface area contributed by atoms with Crippen molar-refractivity contribution in [1.29, 1.82) is 0 Å². The van der Waals surface area contributed by atoms with E-state index in [2.05, 4.69) is 15.3 Å². The van der Waals surface area contributed by atoms with E-state index in [-0.39, 0.29) is 11.9 Å². The molecule has 140 valence electrons. The molecule has 28 heavy (non-hydrogen) atoms. The lowest BCUT2D eigenvalue weighted by atomic mass is 10.3. The number of aromatic nitrogens is 2. The Morgan fingerprint density at radius 3 is 2.86 bits per heavy atom. The van der Waals surface area contributed by atoms with E-state index in [1.54, 1.807) is 61.0 Å². The van der Waals surface area contributed by atoms with Gasteiger partial charge in [0.1, 0.15) is 18.1 Å². The number of rotatable bonds is 6. The normalized spacial score (nSPS) is 10.6. The van der Waals surface area contributed by atoms with Crippen molar-refractivity contribution in [3.63, 3.8) is 0 Å². The van der Waals surface area contributed by atoms with Crippen molar-refractivity contribution < 1.29 is 13.9 Å². The number of amides is 1. The molecule has 0 radical (unpaired) electrons. The zero-order chi connectivity index (χ0) is 19.3. The minimum absolute atomic E-state index is 0.214. The van der Waals surface area contributed by atoms with Gasteiger partial charge in [-0.1, -0.05) is 11.6 Å². The topological polar surface area (TPSA) is 77.3 Å². The van der Waals surface area contributed by atoms with Crippen molar-refractivity contribution in [2.45, 2.75) is 6.61 Å². The lowest BCUT2D eigenvalue weighted by Gasteiger charge is -2.04. The van der Waals surface area contributed by atoms with E-state index in [4.69, 9.17) is 20.8 Å². The highest BCUT2D eigenvalue weighted by Crippen LogP contribution is 2.21. The standard InChI is InChI=1S/C20H14ClN3O3S/c21-14-3-5-15(6-4-14)27-11-13-10-18(28-12-13)19(25)24-20-22-8-7-16(23-20)17-2-1-9-26-17/h1-10,12H,11H2,(H,22,23,24,25). The Labute approximate surface area is 169 Å². The number of ether oxygens (including phenoxy) is 1. The third-order valence-corrected chi connectivity index (χ3v) is 4.98. The van der Waals surface area contributed by atoms with Gasteiger partial charge in [-0.05, 0) is 53.9 Å². The van der Waals surface area contributed by atoms with Gasteiger partial charge in [0, 0.05) is 16.8 Å². The van der Waals surface area contributed by atoms with Gasteiger partial charge >= 0.3 is 0 Å². The first kappa shape index (κ1) is 18.2. The smallest absolute Gasteiger partial charge is 0.268 e. The summed E-state index contributed by atoms with van der Waals surface area (Å²) in [5, 5.41) is 5.24. The summed E-state index contributed by atoms with van der Waals surface area (Å²) >= 11 is 7.19. The van der Waals surface area contributed by atoms with Crippen LogP contribution in [0.4, 0.5) is 5.95 Å². The number of benzene rings is 1. The van der Waals surface area contributed by atoms with Crippen LogP contribution >= 0.6 is 22.9 Å². The van der Waals surface area contributed by atoms with E-state index in [1.807, 2.05) is 5.38 Å².